The molecule has 0 aromatic carbocycles. The number of carbonyl (C=O) groups excluding carboxylic acids is 1. The largest absolute Gasteiger partial charge is 0.463 e. The first kappa shape index (κ1) is 11.5. The van der Waals surface area contributed by atoms with E-state index in [-0.39, 0.29) is 12.1 Å². The Hall–Kier alpha value is -0.570. The molecule has 1 aliphatic rings. The van der Waals surface area contributed by atoms with Crippen LogP contribution in [0.3, 0.4) is 0 Å². The molecular weight excluding hydrogens is 180 g/mol. The molecule has 0 saturated heterocycles. The molecule has 0 aliphatic heterocycles. The second-order valence-electron chi connectivity index (χ2n) is 3.95. The fraction of sp³-hybridized carbons (Fsp3) is 0.909. The first-order chi connectivity index (χ1) is 6.72. The molecule has 0 heterocycles. The van der Waals surface area contributed by atoms with E-state index in [1.807, 2.05) is 6.92 Å². The highest BCUT2D eigenvalue weighted by Gasteiger charge is 2.20. The third-order valence-corrected chi connectivity index (χ3v) is 2.39. The molecular formula is C11H20O3. The number of esters is 1. The Morgan fingerprint density at radius 1 is 1.50 bits per heavy atom. The molecule has 0 aromatic rings. The van der Waals surface area contributed by atoms with Gasteiger partial charge in [-0.2, -0.15) is 0 Å². The summed E-state index contributed by atoms with van der Waals surface area (Å²) in [5.41, 5.74) is 0. The van der Waals surface area contributed by atoms with Crippen molar-refractivity contribution in [2.45, 2.75) is 45.6 Å². The van der Waals surface area contributed by atoms with Gasteiger partial charge in [-0.3, -0.25) is 4.79 Å². The molecule has 0 spiro atoms. The second kappa shape index (κ2) is 6.02. The predicted octanol–water partition coefficient (Wildman–Crippen LogP) is 2.14. The molecule has 1 aliphatic carbocycles. The van der Waals surface area contributed by atoms with Gasteiger partial charge >= 0.3 is 5.97 Å². The molecule has 0 bridgehead atoms. The van der Waals surface area contributed by atoms with E-state index in [0.29, 0.717) is 13.0 Å². The van der Waals surface area contributed by atoms with Crippen LogP contribution in [0.15, 0.2) is 0 Å². The van der Waals surface area contributed by atoms with Crippen molar-refractivity contribution in [3.63, 3.8) is 0 Å². The summed E-state index contributed by atoms with van der Waals surface area (Å²) in [7, 11) is 0. The SMILES string of the molecule is CCC(=O)OCC(C)OCCC1CC1. The zero-order valence-corrected chi connectivity index (χ0v) is 9.12. The molecule has 1 unspecified atom stereocenters. The molecule has 0 N–H and O–H groups in total. The maximum atomic E-state index is 10.8. The lowest BCUT2D eigenvalue weighted by Gasteiger charge is -2.12. The minimum atomic E-state index is -0.150. The molecule has 1 fully saturated rings. The van der Waals surface area contributed by atoms with Crippen molar-refractivity contribution in [2.24, 2.45) is 5.92 Å². The van der Waals surface area contributed by atoms with Gasteiger partial charge in [-0.1, -0.05) is 19.8 Å². The number of ether oxygens (including phenoxy) is 2. The highest BCUT2D eigenvalue weighted by Crippen LogP contribution is 2.32. The minimum absolute atomic E-state index is 0.0317. The lowest BCUT2D eigenvalue weighted by Crippen LogP contribution is -2.19. The highest BCUT2D eigenvalue weighted by molar-refractivity contribution is 5.68. The Balaban J connectivity index is 1.91. The Morgan fingerprint density at radius 3 is 2.79 bits per heavy atom. The monoisotopic (exact) mass is 200 g/mol. The summed E-state index contributed by atoms with van der Waals surface area (Å²) in [4.78, 5) is 10.8. The van der Waals surface area contributed by atoms with Gasteiger partial charge in [0.15, 0.2) is 0 Å². The van der Waals surface area contributed by atoms with Crippen LogP contribution < -0.4 is 0 Å². The van der Waals surface area contributed by atoms with Gasteiger partial charge in [0.2, 0.25) is 0 Å². The topological polar surface area (TPSA) is 35.5 Å². The van der Waals surface area contributed by atoms with E-state index < -0.39 is 0 Å². The summed E-state index contributed by atoms with van der Waals surface area (Å²) in [5.74, 6) is 0.753. The van der Waals surface area contributed by atoms with Crippen molar-refractivity contribution >= 4 is 5.97 Å². The fourth-order valence-electron chi connectivity index (χ4n) is 1.20. The predicted molar refractivity (Wildman–Crippen MR) is 54.0 cm³/mol. The molecule has 0 amide bonds. The summed E-state index contributed by atoms with van der Waals surface area (Å²) in [6, 6.07) is 0. The van der Waals surface area contributed by atoms with E-state index in [9.17, 15) is 4.79 Å². The number of rotatable bonds is 7. The average molecular weight is 200 g/mol. The minimum Gasteiger partial charge on any atom is -0.463 e. The van der Waals surface area contributed by atoms with Crippen LogP contribution in [-0.2, 0) is 14.3 Å². The lowest BCUT2D eigenvalue weighted by molar-refractivity contribution is -0.147. The van der Waals surface area contributed by atoms with Crippen molar-refractivity contribution in [3.05, 3.63) is 0 Å². The van der Waals surface area contributed by atoms with Crippen LogP contribution in [0.25, 0.3) is 0 Å². The van der Waals surface area contributed by atoms with E-state index in [4.69, 9.17) is 9.47 Å². The molecule has 3 nitrogen and oxygen atoms in total. The number of carbonyl (C=O) groups is 1. The zero-order valence-electron chi connectivity index (χ0n) is 9.12. The van der Waals surface area contributed by atoms with Gasteiger partial charge in [-0.25, -0.2) is 0 Å². The average Bonchev–Trinajstić information content (AvgIpc) is 2.98. The van der Waals surface area contributed by atoms with Crippen LogP contribution in [0.1, 0.15) is 39.5 Å². The first-order valence-electron chi connectivity index (χ1n) is 5.49. The summed E-state index contributed by atoms with van der Waals surface area (Å²) < 4.78 is 10.5. The Kier molecular flexibility index (Phi) is 4.94. The van der Waals surface area contributed by atoms with E-state index in [1.165, 1.54) is 12.8 Å². The van der Waals surface area contributed by atoms with E-state index in [1.54, 1.807) is 6.92 Å². The smallest absolute Gasteiger partial charge is 0.305 e. The molecule has 1 rings (SSSR count). The van der Waals surface area contributed by atoms with Gasteiger partial charge in [0.05, 0.1) is 6.10 Å². The molecule has 0 aromatic heterocycles. The van der Waals surface area contributed by atoms with Crippen LogP contribution in [0.2, 0.25) is 0 Å². The number of hydrogen-bond donors (Lipinski definition) is 0. The third kappa shape index (κ3) is 5.22. The van der Waals surface area contributed by atoms with Gasteiger partial charge < -0.3 is 9.47 Å². The summed E-state index contributed by atoms with van der Waals surface area (Å²) in [5, 5.41) is 0. The maximum absolute atomic E-state index is 10.8. The van der Waals surface area contributed by atoms with Crippen LogP contribution in [0, 0.1) is 5.92 Å². The highest BCUT2D eigenvalue weighted by atomic mass is 16.6. The molecule has 1 saturated carbocycles. The van der Waals surface area contributed by atoms with Gasteiger partial charge in [-0.15, -0.1) is 0 Å². The molecule has 0 radical (unpaired) electrons. The van der Waals surface area contributed by atoms with E-state index in [2.05, 4.69) is 0 Å². The molecule has 3 heteroatoms. The maximum Gasteiger partial charge on any atom is 0.305 e. The normalized spacial score (nSPS) is 17.9. The van der Waals surface area contributed by atoms with Crippen molar-refractivity contribution in [1.82, 2.24) is 0 Å². The van der Waals surface area contributed by atoms with Crippen LogP contribution in [0.5, 0.6) is 0 Å². The van der Waals surface area contributed by atoms with Gasteiger partial charge in [0.25, 0.3) is 0 Å². The van der Waals surface area contributed by atoms with Crippen molar-refractivity contribution in [2.75, 3.05) is 13.2 Å². The lowest BCUT2D eigenvalue weighted by atomic mass is 10.3. The zero-order chi connectivity index (χ0) is 10.4. The summed E-state index contributed by atoms with van der Waals surface area (Å²) >= 11 is 0. The quantitative estimate of drug-likeness (QED) is 0.591. The van der Waals surface area contributed by atoms with E-state index >= 15 is 0 Å². The summed E-state index contributed by atoms with van der Waals surface area (Å²) in [6.07, 6.45) is 4.36. The Labute approximate surface area is 85.8 Å². The molecule has 82 valence electrons. The van der Waals surface area contributed by atoms with Crippen LogP contribution in [0.4, 0.5) is 0 Å². The summed E-state index contributed by atoms with van der Waals surface area (Å²) in [6.45, 7) is 4.92. The Bertz CT molecular complexity index is 175. The van der Waals surface area contributed by atoms with Gasteiger partial charge in [0.1, 0.15) is 6.61 Å². The van der Waals surface area contributed by atoms with Crippen LogP contribution >= 0.6 is 0 Å². The third-order valence-electron chi connectivity index (χ3n) is 2.39. The fourth-order valence-corrected chi connectivity index (χ4v) is 1.20. The van der Waals surface area contributed by atoms with Gasteiger partial charge in [-0.05, 0) is 19.3 Å². The number of hydrogen-bond acceptors (Lipinski definition) is 3. The van der Waals surface area contributed by atoms with Crippen molar-refractivity contribution in [1.29, 1.82) is 0 Å². The van der Waals surface area contributed by atoms with Crippen molar-refractivity contribution in [3.8, 4) is 0 Å². The molecule has 1 atom stereocenters. The first-order valence-corrected chi connectivity index (χ1v) is 5.49. The molecule has 14 heavy (non-hydrogen) atoms. The Morgan fingerprint density at radius 2 is 2.21 bits per heavy atom. The van der Waals surface area contributed by atoms with Gasteiger partial charge in [0, 0.05) is 13.0 Å². The van der Waals surface area contributed by atoms with Crippen molar-refractivity contribution < 1.29 is 14.3 Å². The standard InChI is InChI=1S/C11H20O3/c1-3-11(12)14-8-9(2)13-7-6-10-4-5-10/h9-10H,3-8H2,1-2H3. The second-order valence-corrected chi connectivity index (χ2v) is 3.95. The van der Waals surface area contributed by atoms with Crippen LogP contribution in [-0.4, -0.2) is 25.3 Å². The van der Waals surface area contributed by atoms with E-state index in [0.717, 1.165) is 18.9 Å².